The Morgan fingerprint density at radius 1 is 1.30 bits per heavy atom. The Kier molecular flexibility index (Phi) is 3.81. The molecule has 0 N–H and O–H groups in total. The first-order valence-corrected chi connectivity index (χ1v) is 7.50. The van der Waals surface area contributed by atoms with Crippen molar-refractivity contribution in [1.29, 1.82) is 0 Å². The van der Waals surface area contributed by atoms with Gasteiger partial charge in [0, 0.05) is 31.1 Å². The second kappa shape index (κ2) is 5.00. The molecule has 0 heterocycles. The van der Waals surface area contributed by atoms with Crippen molar-refractivity contribution in [1.82, 2.24) is 0 Å². The van der Waals surface area contributed by atoms with Crippen LogP contribution in [0.15, 0.2) is 18.2 Å². The van der Waals surface area contributed by atoms with Crippen molar-refractivity contribution in [2.45, 2.75) is 46.6 Å². The smallest absolute Gasteiger partial charge is 0.208 e. The van der Waals surface area contributed by atoms with Gasteiger partial charge in [0.15, 0.2) is 5.54 Å². The normalized spacial score (nSPS) is 32.2. The number of hydrogen-bond donors (Lipinski definition) is 0. The summed E-state index contributed by atoms with van der Waals surface area (Å²) in [6.07, 6.45) is 1.15. The Morgan fingerprint density at radius 2 is 1.95 bits per heavy atom. The summed E-state index contributed by atoms with van der Waals surface area (Å²) >= 11 is 0. The maximum Gasteiger partial charge on any atom is 0.208 e. The molecule has 3 unspecified atom stereocenters. The number of methoxy groups -OCH3 is 1. The maximum absolute atomic E-state index is 5.44. The molecular weight excluding hydrogens is 246 g/mol. The predicted octanol–water partition coefficient (Wildman–Crippen LogP) is 4.10. The van der Waals surface area contributed by atoms with Crippen LogP contribution >= 0.6 is 0 Å². The lowest BCUT2D eigenvalue weighted by molar-refractivity contribution is -0.502. The maximum atomic E-state index is 5.44. The van der Waals surface area contributed by atoms with Crippen molar-refractivity contribution < 1.29 is 9.31 Å². The minimum Gasteiger partial charge on any atom is -0.384 e. The van der Waals surface area contributed by atoms with E-state index >= 15 is 0 Å². The number of aryl methyl sites for hydroxylation is 1. The average Bonchev–Trinajstić information content (AvgIpc) is 2.91. The molecule has 0 aliphatic heterocycles. The van der Waals surface area contributed by atoms with Crippen LogP contribution < -0.4 is 0 Å². The highest BCUT2D eigenvalue weighted by molar-refractivity contribution is 5.47. The number of ether oxygens (including phenoxy) is 1. The second-order valence-electron chi connectivity index (χ2n) is 6.57. The summed E-state index contributed by atoms with van der Waals surface area (Å²) in [4.78, 5) is 0. The third kappa shape index (κ3) is 1.85. The third-order valence-electron chi connectivity index (χ3n) is 6.02. The molecule has 1 fully saturated rings. The molecule has 0 radical (unpaired) electrons. The van der Waals surface area contributed by atoms with Gasteiger partial charge in [-0.2, -0.15) is 4.58 Å². The van der Waals surface area contributed by atoms with Crippen molar-refractivity contribution in [2.24, 2.45) is 11.3 Å². The minimum absolute atomic E-state index is 0.0658. The fraction of sp³-hybridized carbons (Fsp3) is 0.611. The van der Waals surface area contributed by atoms with Gasteiger partial charge in [-0.15, -0.1) is 0 Å². The molecule has 1 aromatic carbocycles. The standard InChI is InChI=1S/C18H28NO/c1-8-17(4)16(12-20-7)18(17,5)19(6)15-11-9-10-13(2)14(15)3/h9-11,16H,6,8,12H2,1-5,7H3/q+1. The van der Waals surface area contributed by atoms with Crippen LogP contribution in [0.1, 0.15) is 38.3 Å². The molecule has 0 aromatic heterocycles. The molecule has 1 aromatic rings. The topological polar surface area (TPSA) is 12.2 Å². The van der Waals surface area contributed by atoms with Crippen LogP contribution in [-0.2, 0) is 4.74 Å². The molecule has 0 spiro atoms. The van der Waals surface area contributed by atoms with Gasteiger partial charge in [0.2, 0.25) is 5.69 Å². The highest BCUT2D eigenvalue weighted by Crippen LogP contribution is 2.66. The van der Waals surface area contributed by atoms with Gasteiger partial charge in [-0.05, 0) is 25.8 Å². The Bertz CT molecular complexity index is 536. The van der Waals surface area contributed by atoms with Crippen molar-refractivity contribution in [3.05, 3.63) is 29.3 Å². The first-order chi connectivity index (χ1) is 9.34. The van der Waals surface area contributed by atoms with E-state index in [2.05, 4.69) is 64.1 Å². The largest absolute Gasteiger partial charge is 0.384 e. The zero-order valence-electron chi connectivity index (χ0n) is 13.8. The lowest BCUT2D eigenvalue weighted by atomic mass is 9.98. The van der Waals surface area contributed by atoms with E-state index in [-0.39, 0.29) is 11.0 Å². The molecule has 2 rings (SSSR count). The van der Waals surface area contributed by atoms with Gasteiger partial charge in [-0.25, -0.2) is 0 Å². The molecule has 0 bridgehead atoms. The number of benzene rings is 1. The van der Waals surface area contributed by atoms with Crippen LogP contribution in [0.4, 0.5) is 5.69 Å². The van der Waals surface area contributed by atoms with Crippen LogP contribution in [0, 0.1) is 25.2 Å². The summed E-state index contributed by atoms with van der Waals surface area (Å²) in [6.45, 7) is 16.5. The van der Waals surface area contributed by atoms with Gasteiger partial charge in [0.05, 0.1) is 12.5 Å². The summed E-state index contributed by atoms with van der Waals surface area (Å²) in [6, 6.07) is 6.46. The Hall–Kier alpha value is -1.15. The van der Waals surface area contributed by atoms with E-state index in [1.165, 1.54) is 16.8 Å². The number of hydrogen-bond acceptors (Lipinski definition) is 1. The molecule has 2 heteroatoms. The van der Waals surface area contributed by atoms with E-state index in [1.54, 1.807) is 7.11 Å². The zero-order valence-corrected chi connectivity index (χ0v) is 13.8. The van der Waals surface area contributed by atoms with Crippen molar-refractivity contribution in [2.75, 3.05) is 13.7 Å². The van der Waals surface area contributed by atoms with Crippen LogP contribution in [0.2, 0.25) is 0 Å². The van der Waals surface area contributed by atoms with E-state index in [9.17, 15) is 0 Å². The van der Waals surface area contributed by atoms with Gasteiger partial charge in [0.1, 0.15) is 6.72 Å². The summed E-state index contributed by atoms with van der Waals surface area (Å²) in [5, 5.41) is 0. The fourth-order valence-electron chi connectivity index (χ4n) is 3.86. The summed E-state index contributed by atoms with van der Waals surface area (Å²) in [7, 11) is 1.79. The van der Waals surface area contributed by atoms with Gasteiger partial charge < -0.3 is 4.74 Å². The summed E-state index contributed by atoms with van der Waals surface area (Å²) in [5.74, 6) is 0.530. The third-order valence-corrected chi connectivity index (χ3v) is 6.02. The Morgan fingerprint density at radius 3 is 2.50 bits per heavy atom. The number of nitrogens with zero attached hydrogens (tertiary/aromatic N) is 1. The number of rotatable bonds is 5. The average molecular weight is 274 g/mol. The van der Waals surface area contributed by atoms with Gasteiger partial charge >= 0.3 is 0 Å². The Balaban J connectivity index is 2.40. The van der Waals surface area contributed by atoms with Crippen molar-refractivity contribution in [3.63, 3.8) is 0 Å². The highest BCUT2D eigenvalue weighted by Gasteiger charge is 2.77. The van der Waals surface area contributed by atoms with Crippen molar-refractivity contribution in [3.8, 4) is 0 Å². The molecule has 1 saturated carbocycles. The van der Waals surface area contributed by atoms with E-state index in [4.69, 9.17) is 4.74 Å². The van der Waals surface area contributed by atoms with Crippen molar-refractivity contribution >= 4 is 12.4 Å². The zero-order chi connectivity index (χ0) is 15.1. The first kappa shape index (κ1) is 15.2. The lowest BCUT2D eigenvalue weighted by Gasteiger charge is -2.16. The summed E-state index contributed by atoms with van der Waals surface area (Å²) in [5.41, 5.74) is 4.22. The van der Waals surface area contributed by atoms with Crippen LogP contribution in [0.25, 0.3) is 0 Å². The van der Waals surface area contributed by atoms with Gasteiger partial charge in [-0.3, -0.25) is 0 Å². The van der Waals surface area contributed by atoms with E-state index in [0.29, 0.717) is 5.92 Å². The Labute approximate surface area is 123 Å². The molecule has 0 amide bonds. The molecule has 20 heavy (non-hydrogen) atoms. The van der Waals surface area contributed by atoms with Gasteiger partial charge in [-0.1, -0.05) is 26.0 Å². The quantitative estimate of drug-likeness (QED) is 0.581. The highest BCUT2D eigenvalue weighted by atomic mass is 16.5. The summed E-state index contributed by atoms with van der Waals surface area (Å²) < 4.78 is 7.68. The molecule has 2 nitrogen and oxygen atoms in total. The van der Waals surface area contributed by atoms with Gasteiger partial charge in [0.25, 0.3) is 0 Å². The minimum atomic E-state index is 0.0658. The lowest BCUT2D eigenvalue weighted by Crippen LogP contribution is -2.28. The van der Waals surface area contributed by atoms with E-state index in [1.807, 2.05) is 0 Å². The van der Waals surface area contributed by atoms with Crippen LogP contribution in [0.3, 0.4) is 0 Å². The fourth-order valence-corrected chi connectivity index (χ4v) is 3.86. The monoisotopic (exact) mass is 274 g/mol. The molecule has 110 valence electrons. The molecule has 1 aliphatic rings. The molecule has 3 atom stereocenters. The van der Waals surface area contributed by atoms with E-state index < -0.39 is 0 Å². The predicted molar refractivity (Wildman–Crippen MR) is 85.1 cm³/mol. The SMILES string of the molecule is C=[N+](c1cccc(C)c1C)C1(C)C(COC)C1(C)CC. The second-order valence-corrected chi connectivity index (χ2v) is 6.57. The van der Waals surface area contributed by atoms with Crippen LogP contribution in [0.5, 0.6) is 0 Å². The van der Waals surface area contributed by atoms with E-state index in [0.717, 1.165) is 13.0 Å². The first-order valence-electron chi connectivity index (χ1n) is 7.50. The molecule has 1 aliphatic carbocycles. The molecule has 0 saturated heterocycles. The van der Waals surface area contributed by atoms with Crippen LogP contribution in [-0.4, -0.2) is 30.5 Å². The molecular formula is C18H28NO+.